The van der Waals surface area contributed by atoms with Crippen LogP contribution in [-0.4, -0.2) is 57.5 Å². The largest absolute Gasteiger partial charge is 0.497 e. The van der Waals surface area contributed by atoms with E-state index < -0.39 is 8.32 Å². The Labute approximate surface area is 205 Å². The SMILES string of the molecule is COC(=O)C[C@H]1CN2CC[C@H]1C[C@@H]2[C@@H](O[Si](C)(C)C(C)(C)C)c1ccnc2ccc(OC)cc12. The van der Waals surface area contributed by atoms with E-state index >= 15 is 0 Å². The van der Waals surface area contributed by atoms with E-state index in [9.17, 15) is 4.79 Å². The molecule has 2 bridgehead atoms. The highest BCUT2D eigenvalue weighted by molar-refractivity contribution is 6.74. The van der Waals surface area contributed by atoms with Crippen molar-refractivity contribution in [2.45, 2.75) is 70.3 Å². The number of esters is 1. The lowest BCUT2D eigenvalue weighted by Crippen LogP contribution is -2.57. The second-order valence-corrected chi connectivity index (χ2v) is 16.2. The zero-order chi connectivity index (χ0) is 24.7. The number of rotatable bonds is 7. The number of ether oxygens (including phenoxy) is 2. The fourth-order valence-corrected chi connectivity index (χ4v) is 6.66. The Hall–Kier alpha value is -1.96. The van der Waals surface area contributed by atoms with Crippen molar-refractivity contribution in [2.75, 3.05) is 27.3 Å². The molecule has 3 fully saturated rings. The molecule has 1 aromatic carbocycles. The second kappa shape index (κ2) is 9.59. The summed E-state index contributed by atoms with van der Waals surface area (Å²) in [6.07, 6.45) is 4.53. The van der Waals surface area contributed by atoms with Gasteiger partial charge in [-0.05, 0) is 79.2 Å². The third-order valence-electron chi connectivity index (χ3n) is 8.46. The molecule has 0 aliphatic carbocycles. The molecule has 0 amide bonds. The summed E-state index contributed by atoms with van der Waals surface area (Å²) in [6.45, 7) is 13.5. The Kier molecular flexibility index (Phi) is 7.09. The number of aromatic nitrogens is 1. The van der Waals surface area contributed by atoms with Crippen LogP contribution in [0.15, 0.2) is 30.5 Å². The Morgan fingerprint density at radius 2 is 2.00 bits per heavy atom. The van der Waals surface area contributed by atoms with Gasteiger partial charge in [0.05, 0.1) is 25.8 Å². The molecule has 0 N–H and O–H groups in total. The molecule has 0 radical (unpaired) electrons. The number of methoxy groups -OCH3 is 2. The first-order chi connectivity index (χ1) is 16.0. The molecular formula is C27H40N2O4Si. The van der Waals surface area contributed by atoms with Gasteiger partial charge in [-0.15, -0.1) is 0 Å². The van der Waals surface area contributed by atoms with Gasteiger partial charge < -0.3 is 13.9 Å². The molecule has 0 spiro atoms. The number of carbonyl (C=O) groups is 1. The van der Waals surface area contributed by atoms with Gasteiger partial charge in [-0.2, -0.15) is 0 Å². The molecule has 3 aliphatic heterocycles. The Morgan fingerprint density at radius 1 is 1.24 bits per heavy atom. The van der Waals surface area contributed by atoms with Crippen molar-refractivity contribution in [3.63, 3.8) is 0 Å². The summed E-state index contributed by atoms with van der Waals surface area (Å²) in [7, 11) is 1.11. The number of carbonyl (C=O) groups excluding carboxylic acids is 1. The van der Waals surface area contributed by atoms with Gasteiger partial charge in [-0.1, -0.05) is 20.8 Å². The van der Waals surface area contributed by atoms with Crippen molar-refractivity contribution in [1.29, 1.82) is 0 Å². The zero-order valence-electron chi connectivity index (χ0n) is 21.8. The van der Waals surface area contributed by atoms with Crippen molar-refractivity contribution in [2.24, 2.45) is 11.8 Å². The van der Waals surface area contributed by atoms with Gasteiger partial charge in [-0.25, -0.2) is 0 Å². The molecule has 1 aromatic heterocycles. The third-order valence-corrected chi connectivity index (χ3v) is 12.9. The van der Waals surface area contributed by atoms with Gasteiger partial charge in [0, 0.05) is 30.6 Å². The van der Waals surface area contributed by atoms with Crippen LogP contribution in [0.3, 0.4) is 0 Å². The van der Waals surface area contributed by atoms with Crippen molar-refractivity contribution in [3.05, 3.63) is 36.0 Å². The van der Waals surface area contributed by atoms with Gasteiger partial charge in [0.15, 0.2) is 8.32 Å². The van der Waals surface area contributed by atoms with Crippen LogP contribution in [0.25, 0.3) is 10.9 Å². The molecule has 3 saturated heterocycles. The maximum absolute atomic E-state index is 12.0. The molecule has 0 saturated carbocycles. The fourth-order valence-electron chi connectivity index (χ4n) is 5.39. The molecule has 1 unspecified atom stereocenters. The predicted molar refractivity (Wildman–Crippen MR) is 138 cm³/mol. The molecule has 186 valence electrons. The highest BCUT2D eigenvalue weighted by Gasteiger charge is 2.48. The molecule has 6 nitrogen and oxygen atoms in total. The Balaban J connectivity index is 1.74. The number of nitrogens with zero attached hydrogens (tertiary/aromatic N) is 2. The van der Waals surface area contributed by atoms with Gasteiger partial charge in [0.2, 0.25) is 0 Å². The van der Waals surface area contributed by atoms with Crippen LogP contribution in [0.4, 0.5) is 0 Å². The highest BCUT2D eigenvalue weighted by Crippen LogP contribution is 2.47. The summed E-state index contributed by atoms with van der Waals surface area (Å²) < 4.78 is 17.8. The lowest BCUT2D eigenvalue weighted by molar-refractivity contribution is -0.144. The normalized spacial score (nSPS) is 25.9. The summed E-state index contributed by atoms with van der Waals surface area (Å²) >= 11 is 0. The second-order valence-electron chi connectivity index (χ2n) is 11.5. The van der Waals surface area contributed by atoms with Crippen LogP contribution in [0.1, 0.15) is 51.7 Å². The van der Waals surface area contributed by atoms with E-state index in [0.29, 0.717) is 18.3 Å². The summed E-state index contributed by atoms with van der Waals surface area (Å²) in [5.74, 6) is 1.61. The van der Waals surface area contributed by atoms with E-state index in [1.54, 1.807) is 7.11 Å². The lowest BCUT2D eigenvalue weighted by Gasteiger charge is -2.53. The molecular weight excluding hydrogens is 444 g/mol. The molecule has 3 aliphatic rings. The lowest BCUT2D eigenvalue weighted by atomic mass is 9.72. The molecule has 7 heteroatoms. The quantitative estimate of drug-likeness (QED) is 0.378. The van der Waals surface area contributed by atoms with Gasteiger partial charge in [-0.3, -0.25) is 14.7 Å². The summed E-state index contributed by atoms with van der Waals surface area (Å²) in [5.41, 5.74) is 2.15. The number of hydrogen-bond acceptors (Lipinski definition) is 6. The maximum atomic E-state index is 12.0. The van der Waals surface area contributed by atoms with E-state index in [4.69, 9.17) is 13.9 Å². The zero-order valence-corrected chi connectivity index (χ0v) is 22.8. The highest BCUT2D eigenvalue weighted by atomic mass is 28.4. The van der Waals surface area contributed by atoms with Gasteiger partial charge in [0.25, 0.3) is 0 Å². The smallest absolute Gasteiger partial charge is 0.305 e. The first-order valence-corrected chi connectivity index (χ1v) is 15.4. The molecule has 34 heavy (non-hydrogen) atoms. The van der Waals surface area contributed by atoms with Crippen LogP contribution >= 0.6 is 0 Å². The van der Waals surface area contributed by atoms with E-state index in [-0.39, 0.29) is 23.2 Å². The molecule has 4 heterocycles. The standard InChI is InChI=1S/C27H40N2O4Si/c1-27(2,3)34(6,7)33-26(21-10-12-28-23-9-8-20(31-4)16-22(21)23)24-14-18-11-13-29(24)17-19(18)15-25(30)32-5/h8-10,12,16,18-19,24,26H,11,13-15,17H2,1-7H3/t18-,19-,24+,26-/m0/s1. The summed E-state index contributed by atoms with van der Waals surface area (Å²) in [5, 5.41) is 1.20. The van der Waals surface area contributed by atoms with Crippen LogP contribution in [0, 0.1) is 11.8 Å². The minimum Gasteiger partial charge on any atom is -0.497 e. The monoisotopic (exact) mass is 484 g/mol. The van der Waals surface area contributed by atoms with E-state index in [2.05, 4.69) is 55.9 Å². The van der Waals surface area contributed by atoms with Crippen molar-refractivity contribution in [3.8, 4) is 5.75 Å². The first-order valence-electron chi connectivity index (χ1n) is 12.5. The van der Waals surface area contributed by atoms with Crippen LogP contribution in [0.2, 0.25) is 18.1 Å². The number of benzene rings is 1. The number of fused-ring (bicyclic) bond motifs is 4. The average Bonchev–Trinajstić information content (AvgIpc) is 2.81. The van der Waals surface area contributed by atoms with Crippen molar-refractivity contribution >= 4 is 25.2 Å². The van der Waals surface area contributed by atoms with Crippen LogP contribution < -0.4 is 4.74 Å². The number of hydrogen-bond donors (Lipinski definition) is 0. The van der Waals surface area contributed by atoms with Crippen molar-refractivity contribution in [1.82, 2.24) is 9.88 Å². The molecule has 5 atom stereocenters. The van der Waals surface area contributed by atoms with E-state index in [1.807, 2.05) is 18.3 Å². The Morgan fingerprint density at radius 3 is 2.62 bits per heavy atom. The minimum absolute atomic E-state index is 0.0552. The van der Waals surface area contributed by atoms with E-state index in [0.717, 1.165) is 42.6 Å². The number of piperidine rings is 3. The topological polar surface area (TPSA) is 60.9 Å². The molecule has 5 rings (SSSR count). The Bertz CT molecular complexity index is 1030. The van der Waals surface area contributed by atoms with Crippen molar-refractivity contribution < 1.29 is 18.7 Å². The maximum Gasteiger partial charge on any atom is 0.305 e. The summed E-state index contributed by atoms with van der Waals surface area (Å²) in [6, 6.07) is 8.50. The minimum atomic E-state index is -2.07. The first kappa shape index (κ1) is 25.1. The molecule has 2 aromatic rings. The predicted octanol–water partition coefficient (Wildman–Crippen LogP) is 5.58. The van der Waals surface area contributed by atoms with Gasteiger partial charge in [0.1, 0.15) is 5.75 Å². The van der Waals surface area contributed by atoms with Gasteiger partial charge >= 0.3 is 5.97 Å². The average molecular weight is 485 g/mol. The third kappa shape index (κ3) is 4.88. The summed E-state index contributed by atoms with van der Waals surface area (Å²) in [4.78, 5) is 19.2. The fraction of sp³-hybridized carbons (Fsp3) is 0.630. The van der Waals surface area contributed by atoms with Crippen LogP contribution in [0.5, 0.6) is 5.75 Å². The van der Waals surface area contributed by atoms with E-state index in [1.165, 1.54) is 12.7 Å². The number of pyridine rings is 1. The van der Waals surface area contributed by atoms with Crippen LogP contribution in [-0.2, 0) is 14.0 Å².